The maximum absolute atomic E-state index is 4.26. The third-order valence-electron chi connectivity index (χ3n) is 2.29. The van der Waals surface area contributed by atoms with Crippen molar-refractivity contribution in [3.8, 4) is 0 Å². The monoisotopic (exact) mass is 183 g/mol. The summed E-state index contributed by atoms with van der Waals surface area (Å²) in [5.41, 5.74) is 3.10. The number of rotatable bonds is 0. The number of benzene rings is 1. The molecule has 0 bridgehead atoms. The van der Waals surface area contributed by atoms with Gasteiger partial charge in [0.2, 0.25) is 0 Å². The fraction of sp³-hybridized carbons (Fsp3) is 0. The van der Waals surface area contributed by atoms with Crippen LogP contribution in [0.3, 0.4) is 0 Å². The molecular weight excluding hydrogens is 174 g/mol. The van der Waals surface area contributed by atoms with Crippen LogP contribution in [0, 0.1) is 0 Å². The molecule has 68 valence electrons. The molecule has 0 aromatic heterocycles. The number of fused-ring (bicyclic) bond motifs is 2. The molecule has 0 fully saturated rings. The fourth-order valence-electron chi connectivity index (χ4n) is 1.60. The highest BCUT2D eigenvalue weighted by atomic mass is 15.5. The summed E-state index contributed by atoms with van der Waals surface area (Å²) >= 11 is 0. The number of hydrogen-bond acceptors (Lipinski definition) is 3. The van der Waals surface area contributed by atoms with Gasteiger partial charge in [-0.1, -0.05) is 24.3 Å². The molecule has 0 spiro atoms. The maximum atomic E-state index is 4.26. The van der Waals surface area contributed by atoms with Crippen LogP contribution in [0.4, 0.5) is 0 Å². The number of nitrogens with one attached hydrogen (secondary N) is 1. The molecule has 14 heavy (non-hydrogen) atoms. The van der Waals surface area contributed by atoms with Crippen molar-refractivity contribution < 1.29 is 0 Å². The van der Waals surface area contributed by atoms with Crippen molar-refractivity contribution in [3.05, 3.63) is 47.1 Å². The van der Waals surface area contributed by atoms with E-state index >= 15 is 0 Å². The van der Waals surface area contributed by atoms with Gasteiger partial charge in [-0.3, -0.25) is 5.43 Å². The molecule has 2 aliphatic heterocycles. The van der Waals surface area contributed by atoms with E-state index in [0.717, 1.165) is 5.84 Å². The van der Waals surface area contributed by atoms with Crippen molar-refractivity contribution in [2.24, 2.45) is 4.99 Å². The molecule has 0 atom stereocenters. The van der Waals surface area contributed by atoms with Crippen molar-refractivity contribution in [1.82, 2.24) is 10.4 Å². The van der Waals surface area contributed by atoms with E-state index in [-0.39, 0.29) is 0 Å². The molecule has 1 aromatic rings. The zero-order valence-corrected chi connectivity index (χ0v) is 7.51. The van der Waals surface area contributed by atoms with Crippen LogP contribution >= 0.6 is 0 Å². The highest BCUT2D eigenvalue weighted by Gasteiger charge is 2.09. The summed E-state index contributed by atoms with van der Waals surface area (Å²) in [7, 11) is 0. The highest BCUT2D eigenvalue weighted by Crippen LogP contribution is 1.99. The summed E-state index contributed by atoms with van der Waals surface area (Å²) in [4.78, 5) is 4.26. The molecule has 0 saturated carbocycles. The number of hydrogen-bond donors (Lipinski definition) is 1. The Morgan fingerprint density at radius 3 is 2.93 bits per heavy atom. The van der Waals surface area contributed by atoms with E-state index in [2.05, 4.69) is 28.6 Å². The summed E-state index contributed by atoms with van der Waals surface area (Å²) < 4.78 is 0. The summed E-state index contributed by atoms with van der Waals surface area (Å²) in [6.07, 6.45) is 7.66. The highest BCUT2D eigenvalue weighted by molar-refractivity contribution is 6.11. The van der Waals surface area contributed by atoms with E-state index < -0.39 is 0 Å². The average molecular weight is 183 g/mol. The zero-order valence-electron chi connectivity index (χ0n) is 7.51. The zero-order chi connectivity index (χ0) is 9.38. The van der Waals surface area contributed by atoms with Gasteiger partial charge >= 0.3 is 0 Å². The summed E-state index contributed by atoms with van der Waals surface area (Å²) in [5.74, 6) is 0.922. The standard InChI is InChI=1S/C11H9N3/c1-2-4-10-8-14-11(7-9(10)3-1)12-5-6-13-14/h1-8,13H. The van der Waals surface area contributed by atoms with Crippen LogP contribution in [0.25, 0.3) is 12.3 Å². The van der Waals surface area contributed by atoms with Gasteiger partial charge in [0.15, 0.2) is 5.84 Å². The first kappa shape index (κ1) is 7.38. The van der Waals surface area contributed by atoms with E-state index in [1.54, 1.807) is 6.20 Å². The number of aliphatic imine (C=N–C) groups is 1. The molecule has 0 radical (unpaired) electrons. The first-order valence-electron chi connectivity index (χ1n) is 4.50. The van der Waals surface area contributed by atoms with Gasteiger partial charge in [-0.25, -0.2) is 10.0 Å². The van der Waals surface area contributed by atoms with Crippen LogP contribution < -0.4 is 15.9 Å². The largest absolute Gasteiger partial charge is 0.299 e. The van der Waals surface area contributed by atoms with Crippen molar-refractivity contribution in [2.45, 2.75) is 0 Å². The third kappa shape index (κ3) is 1.03. The Balaban J connectivity index is 2.29. The van der Waals surface area contributed by atoms with Crippen molar-refractivity contribution >= 4 is 18.1 Å². The van der Waals surface area contributed by atoms with Crippen molar-refractivity contribution in [3.63, 3.8) is 0 Å². The van der Waals surface area contributed by atoms with Crippen LogP contribution in [0.1, 0.15) is 0 Å². The van der Waals surface area contributed by atoms with E-state index in [0.29, 0.717) is 0 Å². The van der Waals surface area contributed by atoms with Crippen LogP contribution in [0.5, 0.6) is 0 Å². The van der Waals surface area contributed by atoms with Crippen LogP contribution in [0.2, 0.25) is 0 Å². The normalized spacial score (nSPS) is 16.9. The van der Waals surface area contributed by atoms with Gasteiger partial charge < -0.3 is 0 Å². The van der Waals surface area contributed by atoms with Crippen LogP contribution in [0.15, 0.2) is 41.7 Å². The minimum atomic E-state index is 0.922. The minimum Gasteiger partial charge on any atom is -0.299 e. The Bertz CT molecular complexity index is 540. The Morgan fingerprint density at radius 2 is 2.00 bits per heavy atom. The van der Waals surface area contributed by atoms with E-state index in [9.17, 15) is 0 Å². The third-order valence-corrected chi connectivity index (χ3v) is 2.29. The fourth-order valence-corrected chi connectivity index (χ4v) is 1.60. The second-order valence-corrected chi connectivity index (χ2v) is 3.20. The molecular formula is C11H9N3. The molecule has 0 unspecified atom stereocenters. The molecule has 1 aromatic carbocycles. The SMILES string of the molecule is C1=CNN2C=c3ccccc3=CC2=N1. The summed E-state index contributed by atoms with van der Waals surface area (Å²) in [6, 6.07) is 8.24. The molecule has 0 amide bonds. The first-order valence-corrected chi connectivity index (χ1v) is 4.50. The average Bonchev–Trinajstić information content (AvgIpc) is 2.26. The molecule has 3 heteroatoms. The Morgan fingerprint density at radius 1 is 1.14 bits per heavy atom. The number of amidine groups is 1. The smallest absolute Gasteiger partial charge is 0.151 e. The molecule has 3 nitrogen and oxygen atoms in total. The quantitative estimate of drug-likeness (QED) is 0.608. The van der Waals surface area contributed by atoms with Crippen molar-refractivity contribution in [2.75, 3.05) is 0 Å². The molecule has 0 aliphatic carbocycles. The van der Waals surface area contributed by atoms with Gasteiger partial charge in [0.25, 0.3) is 0 Å². The van der Waals surface area contributed by atoms with Gasteiger partial charge in [-0.15, -0.1) is 0 Å². The molecule has 1 N–H and O–H groups in total. The second kappa shape index (κ2) is 2.73. The summed E-state index contributed by atoms with van der Waals surface area (Å²) in [5, 5.41) is 4.32. The second-order valence-electron chi connectivity index (χ2n) is 3.20. The first-order chi connectivity index (χ1) is 6.93. The van der Waals surface area contributed by atoms with Crippen molar-refractivity contribution in [1.29, 1.82) is 0 Å². The Kier molecular flexibility index (Phi) is 1.44. The van der Waals surface area contributed by atoms with Gasteiger partial charge in [0.1, 0.15) is 0 Å². The van der Waals surface area contributed by atoms with Crippen LogP contribution in [-0.4, -0.2) is 10.8 Å². The van der Waals surface area contributed by atoms with Gasteiger partial charge in [0.05, 0.1) is 0 Å². The predicted molar refractivity (Wildman–Crippen MR) is 56.2 cm³/mol. The Labute approximate surface area is 81.4 Å². The van der Waals surface area contributed by atoms with E-state index in [1.165, 1.54) is 10.4 Å². The van der Waals surface area contributed by atoms with Gasteiger partial charge in [-0.2, -0.15) is 0 Å². The van der Waals surface area contributed by atoms with Gasteiger partial charge in [-0.05, 0) is 11.3 Å². The van der Waals surface area contributed by atoms with E-state index in [4.69, 9.17) is 0 Å². The molecule has 2 heterocycles. The van der Waals surface area contributed by atoms with E-state index in [1.807, 2.05) is 29.5 Å². The number of nitrogens with zero attached hydrogens (tertiary/aromatic N) is 2. The molecule has 2 aliphatic rings. The number of hydrazine groups is 1. The lowest BCUT2D eigenvalue weighted by Crippen LogP contribution is -2.44. The lowest BCUT2D eigenvalue weighted by Gasteiger charge is -2.24. The predicted octanol–water partition coefficient (Wildman–Crippen LogP) is -0.0914. The minimum absolute atomic E-state index is 0.922. The lowest BCUT2D eigenvalue weighted by atomic mass is 10.2. The topological polar surface area (TPSA) is 27.6 Å². The van der Waals surface area contributed by atoms with Crippen LogP contribution in [-0.2, 0) is 0 Å². The lowest BCUT2D eigenvalue weighted by molar-refractivity contribution is 0.514. The van der Waals surface area contributed by atoms with Gasteiger partial charge in [0, 0.05) is 23.8 Å². The Hall–Kier alpha value is -2.03. The molecule has 0 saturated heterocycles. The molecule has 3 rings (SSSR count). The maximum Gasteiger partial charge on any atom is 0.151 e. The summed E-state index contributed by atoms with van der Waals surface area (Å²) in [6.45, 7) is 0.